The van der Waals surface area contributed by atoms with Crippen molar-refractivity contribution >= 4 is 66.0 Å². The molecule has 10 heteroatoms. The highest BCUT2D eigenvalue weighted by Gasteiger charge is 2.24. The van der Waals surface area contributed by atoms with Crippen LogP contribution in [0.2, 0.25) is 0 Å². The number of benzene rings is 2. The van der Waals surface area contributed by atoms with Gasteiger partial charge in [-0.15, -0.1) is 0 Å². The van der Waals surface area contributed by atoms with Crippen molar-refractivity contribution in [1.82, 2.24) is 20.2 Å². The summed E-state index contributed by atoms with van der Waals surface area (Å²) in [5, 5.41) is 11.0. The second-order valence-corrected chi connectivity index (χ2v) is 9.48. The van der Waals surface area contributed by atoms with Crippen molar-refractivity contribution in [2.24, 2.45) is 0 Å². The van der Waals surface area contributed by atoms with Crippen LogP contribution in [-0.2, 0) is 0 Å². The zero-order valence-electron chi connectivity index (χ0n) is 17.8. The number of para-hydroxylation sites is 1. The number of hydrogen-bond donors (Lipinski definition) is 2. The summed E-state index contributed by atoms with van der Waals surface area (Å²) in [6, 6.07) is 13.3. The Kier molecular flexibility index (Phi) is 6.03. The van der Waals surface area contributed by atoms with Gasteiger partial charge in [-0.3, -0.25) is 9.89 Å². The largest absolute Gasteiger partial charge is 0.368 e. The Morgan fingerprint density at radius 2 is 1.76 bits per heavy atom. The molecule has 2 N–H and O–H groups in total. The molecule has 5 rings (SSSR count). The molecule has 1 saturated heterocycles. The molecule has 2 aromatic carbocycles. The van der Waals surface area contributed by atoms with E-state index in [4.69, 9.17) is 0 Å². The quantitative estimate of drug-likeness (QED) is 0.367. The molecule has 0 aliphatic carbocycles. The first-order valence-corrected chi connectivity index (χ1v) is 12.1. The minimum Gasteiger partial charge on any atom is -0.368 e. The number of piperazine rings is 1. The normalized spacial score (nSPS) is 14.0. The molecule has 168 valence electrons. The predicted molar refractivity (Wildman–Crippen MR) is 137 cm³/mol. The van der Waals surface area contributed by atoms with Crippen molar-refractivity contribution in [3.63, 3.8) is 0 Å². The number of carbonyl (C=O) groups is 1. The van der Waals surface area contributed by atoms with Crippen molar-refractivity contribution < 1.29 is 4.79 Å². The molecule has 0 bridgehead atoms. The van der Waals surface area contributed by atoms with Gasteiger partial charge in [0.1, 0.15) is 16.7 Å². The summed E-state index contributed by atoms with van der Waals surface area (Å²) in [7, 11) is 0. The first kappa shape index (κ1) is 21.8. The van der Waals surface area contributed by atoms with E-state index in [0.29, 0.717) is 11.2 Å². The maximum atomic E-state index is 12.9. The van der Waals surface area contributed by atoms with Gasteiger partial charge in [0.2, 0.25) is 0 Å². The van der Waals surface area contributed by atoms with E-state index in [9.17, 15) is 4.79 Å². The van der Waals surface area contributed by atoms with Crippen LogP contribution in [-0.4, -0.2) is 52.3 Å². The van der Waals surface area contributed by atoms with Crippen molar-refractivity contribution in [2.75, 3.05) is 41.3 Å². The van der Waals surface area contributed by atoms with Crippen LogP contribution < -0.4 is 15.1 Å². The average Bonchev–Trinajstić information content (AvgIpc) is 3.22. The smallest absolute Gasteiger partial charge is 0.255 e. The predicted octanol–water partition coefficient (Wildman–Crippen LogP) is 4.77. The average molecular weight is 571 g/mol. The second kappa shape index (κ2) is 9.11. The van der Waals surface area contributed by atoms with E-state index in [2.05, 4.69) is 74.1 Å². The number of fused-ring (bicyclic) bond motifs is 1. The Labute approximate surface area is 207 Å². The molecule has 3 heterocycles. The first-order valence-electron chi connectivity index (χ1n) is 10.5. The SMILES string of the molecule is Cc1c(Br)cc(C(=O)Nc2ccccc2)cc1N1CCN(c2ncnc3n[nH]c(Br)c23)CC1. The van der Waals surface area contributed by atoms with E-state index in [0.717, 1.165) is 63.4 Å². The van der Waals surface area contributed by atoms with Gasteiger partial charge in [0, 0.05) is 47.6 Å². The summed E-state index contributed by atoms with van der Waals surface area (Å²) in [6.45, 7) is 5.26. The number of hydrogen-bond acceptors (Lipinski definition) is 6. The zero-order chi connectivity index (χ0) is 22.9. The maximum Gasteiger partial charge on any atom is 0.255 e. The van der Waals surface area contributed by atoms with Crippen LogP contribution in [0.3, 0.4) is 0 Å². The zero-order valence-corrected chi connectivity index (χ0v) is 21.0. The molecule has 0 spiro atoms. The Bertz CT molecular complexity index is 1320. The molecule has 4 aromatic rings. The van der Waals surface area contributed by atoms with E-state index < -0.39 is 0 Å². The highest BCUT2D eigenvalue weighted by atomic mass is 79.9. The fourth-order valence-corrected chi connectivity index (χ4v) is 4.95. The molecule has 33 heavy (non-hydrogen) atoms. The van der Waals surface area contributed by atoms with Gasteiger partial charge >= 0.3 is 0 Å². The maximum absolute atomic E-state index is 12.9. The minimum absolute atomic E-state index is 0.130. The number of carbonyl (C=O) groups excluding carboxylic acids is 1. The molecule has 1 aliphatic rings. The van der Waals surface area contributed by atoms with E-state index >= 15 is 0 Å². The summed E-state index contributed by atoms with van der Waals surface area (Å²) < 4.78 is 1.70. The number of nitrogens with zero attached hydrogens (tertiary/aromatic N) is 5. The Morgan fingerprint density at radius 3 is 2.52 bits per heavy atom. The second-order valence-electron chi connectivity index (χ2n) is 7.83. The van der Waals surface area contributed by atoms with Crippen molar-refractivity contribution in [2.45, 2.75) is 6.92 Å². The van der Waals surface area contributed by atoms with Crippen molar-refractivity contribution in [1.29, 1.82) is 0 Å². The molecule has 0 saturated carbocycles. The van der Waals surface area contributed by atoms with Crippen LogP contribution in [0, 0.1) is 6.92 Å². The van der Waals surface area contributed by atoms with Crippen LogP contribution in [0.15, 0.2) is 57.9 Å². The number of nitrogens with one attached hydrogen (secondary N) is 2. The van der Waals surface area contributed by atoms with Gasteiger partial charge < -0.3 is 15.1 Å². The number of H-pyrrole nitrogens is 1. The number of anilines is 3. The fourth-order valence-electron chi connectivity index (χ4n) is 4.05. The summed E-state index contributed by atoms with van der Waals surface area (Å²) in [4.78, 5) is 26.2. The van der Waals surface area contributed by atoms with Gasteiger partial charge in [0.25, 0.3) is 5.91 Å². The first-order chi connectivity index (χ1) is 16.0. The van der Waals surface area contributed by atoms with Crippen LogP contribution in [0.5, 0.6) is 0 Å². The number of aromatic nitrogens is 4. The summed E-state index contributed by atoms with van der Waals surface area (Å²) in [5.41, 5.74) is 4.21. The van der Waals surface area contributed by atoms with E-state index in [1.165, 1.54) is 0 Å². The summed E-state index contributed by atoms with van der Waals surface area (Å²) in [6.07, 6.45) is 1.55. The molecule has 0 radical (unpaired) electrons. The number of rotatable bonds is 4. The van der Waals surface area contributed by atoms with Gasteiger partial charge in [-0.05, 0) is 52.7 Å². The number of aromatic amines is 1. The number of amides is 1. The lowest BCUT2D eigenvalue weighted by molar-refractivity contribution is 0.102. The monoisotopic (exact) mass is 569 g/mol. The fraction of sp³-hybridized carbons (Fsp3) is 0.217. The Hall–Kier alpha value is -2.98. The summed E-state index contributed by atoms with van der Waals surface area (Å²) >= 11 is 7.16. The lowest BCUT2D eigenvalue weighted by Crippen LogP contribution is -2.47. The molecule has 0 atom stereocenters. The molecule has 1 fully saturated rings. The molecule has 2 aromatic heterocycles. The van der Waals surface area contributed by atoms with Gasteiger partial charge in [0.05, 0.1) is 5.39 Å². The Morgan fingerprint density at radius 1 is 1.03 bits per heavy atom. The van der Waals surface area contributed by atoms with Gasteiger partial charge in [-0.25, -0.2) is 9.97 Å². The van der Waals surface area contributed by atoms with Gasteiger partial charge in [0.15, 0.2) is 5.65 Å². The lowest BCUT2D eigenvalue weighted by atomic mass is 10.1. The molecular weight excluding hydrogens is 550 g/mol. The standard InChI is InChI=1S/C23H21Br2N7O/c1-14-17(24)11-15(23(33)28-16-5-3-2-4-6-16)12-18(14)31-7-9-32(10-8-31)22-19-20(25)29-30-21(19)26-13-27-22/h2-6,11-13H,7-10H2,1H3,(H,28,33)(H,26,27,29,30). The third-order valence-corrected chi connectivity index (χ3v) is 7.21. The highest BCUT2D eigenvalue weighted by molar-refractivity contribution is 9.10. The van der Waals surface area contributed by atoms with Crippen LogP contribution >= 0.6 is 31.9 Å². The van der Waals surface area contributed by atoms with Crippen molar-refractivity contribution in [3.05, 3.63) is 69.0 Å². The van der Waals surface area contributed by atoms with E-state index in [-0.39, 0.29) is 5.91 Å². The molecule has 0 unspecified atom stereocenters. The lowest BCUT2D eigenvalue weighted by Gasteiger charge is -2.37. The number of halogens is 2. The van der Waals surface area contributed by atoms with Gasteiger partial charge in [-0.2, -0.15) is 5.10 Å². The van der Waals surface area contributed by atoms with E-state index in [1.54, 1.807) is 6.33 Å². The van der Waals surface area contributed by atoms with Crippen LogP contribution in [0.4, 0.5) is 17.2 Å². The molecule has 1 amide bonds. The van der Waals surface area contributed by atoms with Gasteiger partial charge in [-0.1, -0.05) is 34.1 Å². The third kappa shape index (κ3) is 4.32. The molecular formula is C23H21Br2N7O. The summed E-state index contributed by atoms with van der Waals surface area (Å²) in [5.74, 6) is 0.740. The Balaban J connectivity index is 1.36. The third-order valence-electron chi connectivity index (χ3n) is 5.82. The van der Waals surface area contributed by atoms with Crippen LogP contribution in [0.25, 0.3) is 11.0 Å². The minimum atomic E-state index is -0.130. The highest BCUT2D eigenvalue weighted by Crippen LogP contribution is 2.32. The molecule has 1 aliphatic heterocycles. The van der Waals surface area contributed by atoms with E-state index in [1.807, 2.05) is 42.5 Å². The molecule has 8 nitrogen and oxygen atoms in total. The van der Waals surface area contributed by atoms with Crippen LogP contribution in [0.1, 0.15) is 15.9 Å². The topological polar surface area (TPSA) is 90.0 Å². The van der Waals surface area contributed by atoms with Crippen molar-refractivity contribution in [3.8, 4) is 0 Å².